The first-order valence-electron chi connectivity index (χ1n) is 6.05. The Balaban J connectivity index is 1.96. The number of methoxy groups -OCH3 is 1. The van der Waals surface area contributed by atoms with Gasteiger partial charge in [-0.2, -0.15) is 5.26 Å². The fraction of sp³-hybridized carbons (Fsp3) is 0.429. The molecule has 1 aliphatic rings. The first kappa shape index (κ1) is 12.4. The summed E-state index contributed by atoms with van der Waals surface area (Å²) in [6.45, 7) is 0. The lowest BCUT2D eigenvalue weighted by molar-refractivity contribution is -0.120. The van der Waals surface area contributed by atoms with Crippen molar-refractivity contribution in [2.45, 2.75) is 25.3 Å². The van der Waals surface area contributed by atoms with Crippen LogP contribution in [0.25, 0.3) is 0 Å². The topological polar surface area (TPSA) is 62.1 Å². The summed E-state index contributed by atoms with van der Waals surface area (Å²) in [5, 5.41) is 11.7. The molecule has 0 aromatic heterocycles. The number of carbonyl (C=O) groups excluding carboxylic acids is 1. The SMILES string of the molecule is COc1ccccc1CC(=O)NC(C#N)C1CC1. The molecule has 1 N–H and O–H groups in total. The van der Waals surface area contributed by atoms with Gasteiger partial charge in [0.2, 0.25) is 5.91 Å². The summed E-state index contributed by atoms with van der Waals surface area (Å²) in [4.78, 5) is 11.9. The lowest BCUT2D eigenvalue weighted by Crippen LogP contribution is -2.36. The van der Waals surface area contributed by atoms with E-state index in [1.165, 1.54) is 0 Å². The van der Waals surface area contributed by atoms with E-state index in [-0.39, 0.29) is 18.4 Å². The minimum atomic E-state index is -0.341. The molecule has 1 aromatic carbocycles. The van der Waals surface area contributed by atoms with E-state index in [0.29, 0.717) is 11.7 Å². The number of para-hydroxylation sites is 1. The molecule has 0 aliphatic heterocycles. The number of amides is 1. The first-order valence-corrected chi connectivity index (χ1v) is 6.05. The Bertz CT molecular complexity index is 475. The molecule has 1 aliphatic carbocycles. The Hall–Kier alpha value is -2.02. The van der Waals surface area contributed by atoms with Crippen molar-refractivity contribution in [3.63, 3.8) is 0 Å². The van der Waals surface area contributed by atoms with Crippen LogP contribution in [-0.2, 0) is 11.2 Å². The molecule has 4 heteroatoms. The van der Waals surface area contributed by atoms with Crippen LogP contribution in [0.2, 0.25) is 0 Å². The summed E-state index contributed by atoms with van der Waals surface area (Å²) in [5.41, 5.74) is 0.838. The number of nitriles is 1. The van der Waals surface area contributed by atoms with Gasteiger partial charge in [-0.25, -0.2) is 0 Å². The first-order chi connectivity index (χ1) is 8.74. The van der Waals surface area contributed by atoms with Gasteiger partial charge in [0.1, 0.15) is 11.8 Å². The van der Waals surface area contributed by atoms with Crippen LogP contribution in [0.3, 0.4) is 0 Å². The number of ether oxygens (including phenoxy) is 1. The van der Waals surface area contributed by atoms with Crippen molar-refractivity contribution in [1.82, 2.24) is 5.32 Å². The second-order valence-corrected chi connectivity index (χ2v) is 4.50. The molecule has 4 nitrogen and oxygen atoms in total. The minimum absolute atomic E-state index is 0.127. The largest absolute Gasteiger partial charge is 0.496 e. The van der Waals surface area contributed by atoms with Crippen molar-refractivity contribution in [3.8, 4) is 11.8 Å². The Morgan fingerprint density at radius 2 is 2.28 bits per heavy atom. The molecule has 0 spiro atoms. The van der Waals surface area contributed by atoms with Gasteiger partial charge in [-0.05, 0) is 24.8 Å². The number of hydrogen-bond acceptors (Lipinski definition) is 3. The molecule has 94 valence electrons. The monoisotopic (exact) mass is 244 g/mol. The molecule has 18 heavy (non-hydrogen) atoms. The van der Waals surface area contributed by atoms with E-state index >= 15 is 0 Å². The van der Waals surface area contributed by atoms with Gasteiger partial charge < -0.3 is 10.1 Å². The van der Waals surface area contributed by atoms with Gasteiger partial charge in [0.05, 0.1) is 19.6 Å². The third-order valence-electron chi connectivity index (χ3n) is 3.09. The normalized spacial score (nSPS) is 15.6. The quantitative estimate of drug-likeness (QED) is 0.856. The maximum absolute atomic E-state index is 11.9. The van der Waals surface area contributed by atoms with Crippen molar-refractivity contribution in [3.05, 3.63) is 29.8 Å². The number of benzene rings is 1. The summed E-state index contributed by atoms with van der Waals surface area (Å²) < 4.78 is 5.19. The zero-order chi connectivity index (χ0) is 13.0. The highest BCUT2D eigenvalue weighted by atomic mass is 16.5. The molecule has 0 heterocycles. The van der Waals surface area contributed by atoms with E-state index < -0.39 is 0 Å². The van der Waals surface area contributed by atoms with E-state index in [4.69, 9.17) is 10.00 Å². The average Bonchev–Trinajstić information content (AvgIpc) is 3.21. The molecule has 0 bridgehead atoms. The number of nitrogens with one attached hydrogen (secondary N) is 1. The predicted molar refractivity (Wildman–Crippen MR) is 67.0 cm³/mol. The van der Waals surface area contributed by atoms with Crippen LogP contribution >= 0.6 is 0 Å². The Labute approximate surface area is 107 Å². The van der Waals surface area contributed by atoms with Crippen LogP contribution in [0.4, 0.5) is 0 Å². The van der Waals surface area contributed by atoms with Gasteiger partial charge in [-0.1, -0.05) is 18.2 Å². The van der Waals surface area contributed by atoms with E-state index in [2.05, 4.69) is 11.4 Å². The van der Waals surface area contributed by atoms with Crippen molar-refractivity contribution in [2.75, 3.05) is 7.11 Å². The standard InChI is InChI=1S/C14H16N2O2/c1-18-13-5-3-2-4-11(13)8-14(17)16-12(9-15)10-6-7-10/h2-5,10,12H,6-8H2,1H3,(H,16,17). The van der Waals surface area contributed by atoms with Crippen LogP contribution in [0.15, 0.2) is 24.3 Å². The van der Waals surface area contributed by atoms with Gasteiger partial charge in [0.15, 0.2) is 0 Å². The Morgan fingerprint density at radius 3 is 2.89 bits per heavy atom. The third-order valence-corrected chi connectivity index (χ3v) is 3.09. The van der Waals surface area contributed by atoms with Gasteiger partial charge >= 0.3 is 0 Å². The van der Waals surface area contributed by atoms with Crippen LogP contribution < -0.4 is 10.1 Å². The maximum Gasteiger partial charge on any atom is 0.225 e. The van der Waals surface area contributed by atoms with Crippen LogP contribution in [-0.4, -0.2) is 19.1 Å². The second kappa shape index (κ2) is 5.54. The summed E-state index contributed by atoms with van der Waals surface area (Å²) in [5.74, 6) is 0.919. The van der Waals surface area contributed by atoms with Crippen molar-refractivity contribution < 1.29 is 9.53 Å². The summed E-state index contributed by atoms with van der Waals surface area (Å²) in [6, 6.07) is 9.22. The van der Waals surface area contributed by atoms with Crippen LogP contribution in [0, 0.1) is 17.2 Å². The highest BCUT2D eigenvalue weighted by Crippen LogP contribution is 2.32. The molecular formula is C14H16N2O2. The van der Waals surface area contributed by atoms with Crippen molar-refractivity contribution >= 4 is 5.91 Å². The highest BCUT2D eigenvalue weighted by Gasteiger charge is 2.32. The summed E-state index contributed by atoms with van der Waals surface area (Å²) in [7, 11) is 1.58. The summed E-state index contributed by atoms with van der Waals surface area (Å²) in [6.07, 6.45) is 2.31. The minimum Gasteiger partial charge on any atom is -0.496 e. The molecule has 0 radical (unpaired) electrons. The Morgan fingerprint density at radius 1 is 1.56 bits per heavy atom. The highest BCUT2D eigenvalue weighted by molar-refractivity contribution is 5.80. The van der Waals surface area contributed by atoms with Crippen molar-refractivity contribution in [2.24, 2.45) is 5.92 Å². The van der Waals surface area contributed by atoms with Crippen LogP contribution in [0.1, 0.15) is 18.4 Å². The van der Waals surface area contributed by atoms with E-state index in [1.807, 2.05) is 24.3 Å². The van der Waals surface area contributed by atoms with Gasteiger partial charge in [0.25, 0.3) is 0 Å². The van der Waals surface area contributed by atoms with E-state index in [9.17, 15) is 4.79 Å². The Kier molecular flexibility index (Phi) is 3.83. The summed E-state index contributed by atoms with van der Waals surface area (Å²) >= 11 is 0. The van der Waals surface area contributed by atoms with Crippen LogP contribution in [0.5, 0.6) is 5.75 Å². The fourth-order valence-electron chi connectivity index (χ4n) is 1.93. The molecule has 1 saturated carbocycles. The zero-order valence-electron chi connectivity index (χ0n) is 10.3. The smallest absolute Gasteiger partial charge is 0.225 e. The molecular weight excluding hydrogens is 228 g/mol. The number of carbonyl (C=O) groups is 1. The molecule has 1 atom stereocenters. The molecule has 0 saturated heterocycles. The molecule has 1 amide bonds. The van der Waals surface area contributed by atoms with E-state index in [0.717, 1.165) is 18.4 Å². The average molecular weight is 244 g/mol. The zero-order valence-corrected chi connectivity index (χ0v) is 10.3. The van der Waals surface area contributed by atoms with Gasteiger partial charge in [-0.15, -0.1) is 0 Å². The third kappa shape index (κ3) is 3.01. The molecule has 1 fully saturated rings. The maximum atomic E-state index is 11.9. The fourth-order valence-corrected chi connectivity index (χ4v) is 1.93. The predicted octanol–water partition coefficient (Wildman–Crippen LogP) is 1.66. The lowest BCUT2D eigenvalue weighted by Gasteiger charge is -2.12. The molecule has 1 unspecified atom stereocenters. The van der Waals surface area contributed by atoms with Gasteiger partial charge in [-0.3, -0.25) is 4.79 Å². The van der Waals surface area contributed by atoms with E-state index in [1.54, 1.807) is 7.11 Å². The lowest BCUT2D eigenvalue weighted by atomic mass is 10.1. The van der Waals surface area contributed by atoms with Crippen molar-refractivity contribution in [1.29, 1.82) is 5.26 Å². The molecule has 1 aromatic rings. The van der Waals surface area contributed by atoms with Gasteiger partial charge in [0, 0.05) is 5.56 Å². The second-order valence-electron chi connectivity index (χ2n) is 4.50. The number of hydrogen-bond donors (Lipinski definition) is 1. The number of rotatable bonds is 5. The number of nitrogens with zero attached hydrogens (tertiary/aromatic N) is 1. The molecule has 2 rings (SSSR count).